The molecule has 0 heterocycles. The van der Waals surface area contributed by atoms with E-state index in [0.29, 0.717) is 6.61 Å². The van der Waals surface area contributed by atoms with Crippen molar-refractivity contribution in [3.8, 4) is 0 Å². The van der Waals surface area contributed by atoms with Gasteiger partial charge in [0.05, 0.1) is 6.61 Å². The zero-order valence-corrected chi connectivity index (χ0v) is 16.8. The van der Waals surface area contributed by atoms with Crippen LogP contribution in [0.3, 0.4) is 0 Å². The highest BCUT2D eigenvalue weighted by Gasteiger charge is 2.00. The summed E-state index contributed by atoms with van der Waals surface area (Å²) in [5.41, 5.74) is 4.89. The van der Waals surface area contributed by atoms with Gasteiger partial charge in [-0.05, 0) is 23.6 Å². The molecule has 2 rings (SSSR count). The smallest absolute Gasteiger partial charge is 0.191 e. The summed E-state index contributed by atoms with van der Waals surface area (Å²) in [6, 6.07) is 16.9. The molecule has 2 aromatic rings. The number of nitrogens with one attached hydrogen (secondary N) is 2. The minimum absolute atomic E-state index is 0. The molecule has 130 valence electrons. The summed E-state index contributed by atoms with van der Waals surface area (Å²) in [5.74, 6) is 0.794. The number of hydrogen-bond donors (Lipinski definition) is 2. The Morgan fingerprint density at radius 1 is 0.958 bits per heavy atom. The van der Waals surface area contributed by atoms with Crippen molar-refractivity contribution in [2.24, 2.45) is 4.99 Å². The Labute approximate surface area is 161 Å². The van der Waals surface area contributed by atoms with E-state index in [0.717, 1.165) is 19.0 Å². The lowest BCUT2D eigenvalue weighted by atomic mass is 10.1. The average molecular weight is 439 g/mol. The van der Waals surface area contributed by atoms with Gasteiger partial charge in [0, 0.05) is 27.2 Å². The number of nitrogens with zero attached hydrogens (tertiary/aromatic N) is 1. The fraction of sp³-hybridized carbons (Fsp3) is 0.316. The molecule has 0 unspecified atom stereocenters. The van der Waals surface area contributed by atoms with E-state index in [1.54, 1.807) is 14.2 Å². The van der Waals surface area contributed by atoms with Crippen LogP contribution in [0.25, 0.3) is 0 Å². The van der Waals surface area contributed by atoms with E-state index >= 15 is 0 Å². The number of halogens is 1. The van der Waals surface area contributed by atoms with Crippen LogP contribution in [-0.2, 0) is 24.4 Å². The number of rotatable bonds is 6. The number of hydrogen-bond acceptors (Lipinski definition) is 2. The van der Waals surface area contributed by atoms with Crippen molar-refractivity contribution in [3.63, 3.8) is 0 Å². The molecule has 0 aliphatic carbocycles. The van der Waals surface area contributed by atoms with Gasteiger partial charge in [0.2, 0.25) is 0 Å². The van der Waals surface area contributed by atoms with Crippen molar-refractivity contribution in [2.75, 3.05) is 14.2 Å². The van der Waals surface area contributed by atoms with Gasteiger partial charge in [-0.25, -0.2) is 0 Å². The van der Waals surface area contributed by atoms with E-state index in [9.17, 15) is 0 Å². The topological polar surface area (TPSA) is 45.7 Å². The van der Waals surface area contributed by atoms with Gasteiger partial charge in [-0.3, -0.25) is 4.99 Å². The van der Waals surface area contributed by atoms with Gasteiger partial charge >= 0.3 is 0 Å². The first kappa shape index (κ1) is 20.4. The van der Waals surface area contributed by atoms with Crippen molar-refractivity contribution < 1.29 is 4.74 Å². The van der Waals surface area contributed by atoms with Crippen LogP contribution in [0.1, 0.15) is 22.3 Å². The van der Waals surface area contributed by atoms with Crippen LogP contribution in [0, 0.1) is 6.92 Å². The summed E-state index contributed by atoms with van der Waals surface area (Å²) >= 11 is 0. The molecule has 0 fully saturated rings. The second-order valence-electron chi connectivity index (χ2n) is 5.52. The molecule has 2 aromatic carbocycles. The zero-order valence-electron chi connectivity index (χ0n) is 14.5. The maximum atomic E-state index is 5.17. The van der Waals surface area contributed by atoms with E-state index in [4.69, 9.17) is 4.74 Å². The monoisotopic (exact) mass is 439 g/mol. The standard InChI is InChI=1S/C19H25N3O.HI/c1-15-7-9-16(10-8-15)12-21-19(20-2)22-13-17-5-4-6-18(11-17)14-23-3;/h4-11H,12-14H2,1-3H3,(H2,20,21,22);1H. The summed E-state index contributed by atoms with van der Waals surface area (Å²) in [6.45, 7) is 4.21. The Hall–Kier alpha value is -1.60. The molecule has 0 atom stereocenters. The third kappa shape index (κ3) is 6.88. The van der Waals surface area contributed by atoms with Crippen molar-refractivity contribution in [1.29, 1.82) is 0 Å². The quantitative estimate of drug-likeness (QED) is 0.411. The summed E-state index contributed by atoms with van der Waals surface area (Å²) in [6.07, 6.45) is 0. The van der Waals surface area contributed by atoms with Crippen LogP contribution in [0.2, 0.25) is 0 Å². The van der Waals surface area contributed by atoms with Crippen LogP contribution in [-0.4, -0.2) is 20.1 Å². The molecular formula is C19H26IN3O. The fourth-order valence-corrected chi connectivity index (χ4v) is 2.29. The minimum atomic E-state index is 0. The average Bonchev–Trinajstić information content (AvgIpc) is 2.57. The normalized spacial score (nSPS) is 10.9. The summed E-state index contributed by atoms with van der Waals surface area (Å²) in [4.78, 5) is 4.26. The molecule has 0 saturated carbocycles. The molecule has 0 aliphatic rings. The molecule has 0 radical (unpaired) electrons. The van der Waals surface area contributed by atoms with E-state index in [1.807, 2.05) is 6.07 Å². The van der Waals surface area contributed by atoms with E-state index in [2.05, 4.69) is 65.0 Å². The summed E-state index contributed by atoms with van der Waals surface area (Å²) in [7, 11) is 3.49. The van der Waals surface area contributed by atoms with Gasteiger partial charge in [-0.2, -0.15) is 0 Å². The second-order valence-corrected chi connectivity index (χ2v) is 5.52. The highest BCUT2D eigenvalue weighted by atomic mass is 127. The molecule has 0 bridgehead atoms. The first-order valence-corrected chi connectivity index (χ1v) is 7.78. The molecular weight excluding hydrogens is 413 g/mol. The number of benzene rings is 2. The molecule has 4 nitrogen and oxygen atoms in total. The van der Waals surface area contributed by atoms with Gasteiger partial charge in [0.1, 0.15) is 0 Å². The predicted octanol–water partition coefficient (Wildman–Crippen LogP) is 3.62. The predicted molar refractivity (Wildman–Crippen MR) is 111 cm³/mol. The van der Waals surface area contributed by atoms with Crippen LogP contribution in [0.5, 0.6) is 0 Å². The van der Waals surface area contributed by atoms with E-state index < -0.39 is 0 Å². The number of methoxy groups -OCH3 is 1. The Morgan fingerprint density at radius 3 is 2.21 bits per heavy atom. The number of aliphatic imine (C=N–C) groups is 1. The maximum Gasteiger partial charge on any atom is 0.191 e. The fourth-order valence-electron chi connectivity index (χ4n) is 2.29. The second kappa shape index (κ2) is 11.0. The molecule has 5 heteroatoms. The lowest BCUT2D eigenvalue weighted by Crippen LogP contribution is -2.36. The lowest BCUT2D eigenvalue weighted by Gasteiger charge is -2.12. The molecule has 24 heavy (non-hydrogen) atoms. The Bertz CT molecular complexity index is 641. The summed E-state index contributed by atoms with van der Waals surface area (Å²) < 4.78 is 5.17. The minimum Gasteiger partial charge on any atom is -0.380 e. The van der Waals surface area contributed by atoms with E-state index in [-0.39, 0.29) is 24.0 Å². The van der Waals surface area contributed by atoms with Gasteiger partial charge in [0.15, 0.2) is 5.96 Å². The van der Waals surface area contributed by atoms with Gasteiger partial charge in [0.25, 0.3) is 0 Å². The van der Waals surface area contributed by atoms with Crippen molar-refractivity contribution in [3.05, 3.63) is 70.8 Å². The summed E-state index contributed by atoms with van der Waals surface area (Å²) in [5, 5.41) is 6.66. The molecule has 2 N–H and O–H groups in total. The lowest BCUT2D eigenvalue weighted by molar-refractivity contribution is 0.185. The Kier molecular flexibility index (Phi) is 9.41. The van der Waals surface area contributed by atoms with Crippen molar-refractivity contribution in [1.82, 2.24) is 10.6 Å². The highest BCUT2D eigenvalue weighted by Crippen LogP contribution is 2.06. The molecule has 0 aromatic heterocycles. The maximum absolute atomic E-state index is 5.17. The Morgan fingerprint density at radius 2 is 1.58 bits per heavy atom. The molecule has 0 aliphatic heterocycles. The third-order valence-corrected chi connectivity index (χ3v) is 3.57. The highest BCUT2D eigenvalue weighted by molar-refractivity contribution is 14.0. The molecule has 0 amide bonds. The third-order valence-electron chi connectivity index (χ3n) is 3.57. The van der Waals surface area contributed by atoms with Crippen LogP contribution in [0.4, 0.5) is 0 Å². The first-order valence-electron chi connectivity index (χ1n) is 7.78. The SMILES string of the molecule is CN=C(NCc1ccc(C)cc1)NCc1cccc(COC)c1.I. The van der Waals surface area contributed by atoms with Crippen molar-refractivity contribution >= 4 is 29.9 Å². The van der Waals surface area contributed by atoms with Gasteiger partial charge in [-0.1, -0.05) is 54.1 Å². The van der Waals surface area contributed by atoms with Crippen LogP contribution < -0.4 is 10.6 Å². The zero-order chi connectivity index (χ0) is 16.5. The number of aryl methyl sites for hydroxylation is 1. The number of ether oxygens (including phenoxy) is 1. The largest absolute Gasteiger partial charge is 0.380 e. The first-order chi connectivity index (χ1) is 11.2. The van der Waals surface area contributed by atoms with Gasteiger partial charge in [-0.15, -0.1) is 24.0 Å². The van der Waals surface area contributed by atoms with E-state index in [1.165, 1.54) is 22.3 Å². The molecule has 0 saturated heterocycles. The van der Waals surface area contributed by atoms with Crippen LogP contribution in [0.15, 0.2) is 53.5 Å². The van der Waals surface area contributed by atoms with Crippen molar-refractivity contribution in [2.45, 2.75) is 26.6 Å². The Balaban J connectivity index is 0.00000288. The number of guanidine groups is 1. The molecule has 0 spiro atoms. The van der Waals surface area contributed by atoms with Crippen LogP contribution >= 0.6 is 24.0 Å². The van der Waals surface area contributed by atoms with Gasteiger partial charge < -0.3 is 15.4 Å².